The molecule has 126 valence electrons. The van der Waals surface area contributed by atoms with Crippen LogP contribution in [0, 0.1) is 10.1 Å². The largest absolute Gasteiger partial charge is 0.495 e. The van der Waals surface area contributed by atoms with Crippen LogP contribution >= 0.6 is 0 Å². The number of hydrogen-bond acceptors (Lipinski definition) is 5. The van der Waals surface area contributed by atoms with Gasteiger partial charge >= 0.3 is 0 Å². The molecule has 1 amide bonds. The normalized spacial score (nSPS) is 11.4. The number of ether oxygens (including phenoxy) is 2. The number of nitro benzene ring substituents is 1. The second kappa shape index (κ2) is 7.96. The third-order valence-electron chi connectivity index (χ3n) is 3.34. The van der Waals surface area contributed by atoms with E-state index in [0.29, 0.717) is 17.9 Å². The Hall–Kier alpha value is -3.09. The number of nitro groups is 1. The molecule has 0 fully saturated rings. The maximum absolute atomic E-state index is 12.4. The number of para-hydroxylation sites is 1. The third-order valence-corrected chi connectivity index (χ3v) is 3.34. The second-order valence-electron chi connectivity index (χ2n) is 4.96. The van der Waals surface area contributed by atoms with Crippen molar-refractivity contribution in [2.24, 2.45) is 0 Å². The highest BCUT2D eigenvalue weighted by molar-refractivity contribution is 5.96. The molecule has 0 aliphatic rings. The van der Waals surface area contributed by atoms with E-state index in [0.717, 1.165) is 0 Å². The first-order chi connectivity index (χ1) is 11.5. The zero-order valence-electron chi connectivity index (χ0n) is 13.4. The Labute approximate surface area is 139 Å². The fraction of sp³-hybridized carbons (Fsp3) is 0.235. The standard InChI is InChI=1S/C17H18N2O5/c1-3-15(24-13-7-5-4-6-8-13)17(20)18-14-11-12(19(21)22)9-10-16(14)23-2/h4-11,15H,3H2,1-2H3,(H,18,20). The molecule has 0 aliphatic carbocycles. The molecule has 0 saturated heterocycles. The van der Waals surface area contributed by atoms with Gasteiger partial charge in [-0.2, -0.15) is 0 Å². The van der Waals surface area contributed by atoms with E-state index >= 15 is 0 Å². The summed E-state index contributed by atoms with van der Waals surface area (Å²) in [6.07, 6.45) is -0.283. The van der Waals surface area contributed by atoms with E-state index in [1.54, 1.807) is 12.1 Å². The van der Waals surface area contributed by atoms with Gasteiger partial charge in [-0.15, -0.1) is 0 Å². The number of non-ortho nitro benzene ring substituents is 1. The molecular weight excluding hydrogens is 312 g/mol. The Bertz CT molecular complexity index is 718. The highest BCUT2D eigenvalue weighted by Gasteiger charge is 2.21. The zero-order chi connectivity index (χ0) is 17.5. The fourth-order valence-electron chi connectivity index (χ4n) is 2.11. The topological polar surface area (TPSA) is 90.7 Å². The zero-order valence-corrected chi connectivity index (χ0v) is 13.4. The molecule has 7 heteroatoms. The molecule has 0 radical (unpaired) electrons. The van der Waals surface area contributed by atoms with Crippen LogP contribution < -0.4 is 14.8 Å². The molecule has 1 atom stereocenters. The summed E-state index contributed by atoms with van der Waals surface area (Å²) in [5.74, 6) is 0.508. The number of rotatable bonds is 7. The number of methoxy groups -OCH3 is 1. The number of nitrogens with zero attached hydrogens (tertiary/aromatic N) is 1. The van der Waals surface area contributed by atoms with Gasteiger partial charge in [-0.05, 0) is 24.6 Å². The molecule has 24 heavy (non-hydrogen) atoms. The molecule has 0 saturated carbocycles. The Morgan fingerprint density at radius 2 is 1.96 bits per heavy atom. The van der Waals surface area contributed by atoms with Crippen molar-refractivity contribution in [2.45, 2.75) is 19.4 Å². The number of amides is 1. The summed E-state index contributed by atoms with van der Waals surface area (Å²) in [6, 6.07) is 13.0. The highest BCUT2D eigenvalue weighted by Crippen LogP contribution is 2.29. The van der Waals surface area contributed by atoms with Gasteiger partial charge in [0, 0.05) is 12.1 Å². The van der Waals surface area contributed by atoms with Crippen LogP contribution in [0.5, 0.6) is 11.5 Å². The van der Waals surface area contributed by atoms with E-state index in [-0.39, 0.29) is 11.4 Å². The van der Waals surface area contributed by atoms with E-state index in [9.17, 15) is 14.9 Å². The van der Waals surface area contributed by atoms with E-state index < -0.39 is 16.9 Å². The van der Waals surface area contributed by atoms with Crippen LogP contribution in [0.25, 0.3) is 0 Å². The molecule has 2 aromatic carbocycles. The van der Waals surface area contributed by atoms with Crippen LogP contribution in [0.2, 0.25) is 0 Å². The molecule has 7 nitrogen and oxygen atoms in total. The lowest BCUT2D eigenvalue weighted by atomic mass is 10.2. The Balaban J connectivity index is 2.17. The van der Waals surface area contributed by atoms with Gasteiger partial charge in [0.05, 0.1) is 17.7 Å². The summed E-state index contributed by atoms with van der Waals surface area (Å²) >= 11 is 0. The quantitative estimate of drug-likeness (QED) is 0.620. The fourth-order valence-corrected chi connectivity index (χ4v) is 2.11. The monoisotopic (exact) mass is 330 g/mol. The van der Waals surface area contributed by atoms with Crippen molar-refractivity contribution in [3.63, 3.8) is 0 Å². The lowest BCUT2D eigenvalue weighted by molar-refractivity contribution is -0.384. The van der Waals surface area contributed by atoms with Crippen molar-refractivity contribution in [3.8, 4) is 11.5 Å². The summed E-state index contributed by atoms with van der Waals surface area (Å²) in [7, 11) is 1.43. The Morgan fingerprint density at radius 1 is 1.25 bits per heavy atom. The first kappa shape index (κ1) is 17.3. The number of benzene rings is 2. The lowest BCUT2D eigenvalue weighted by Crippen LogP contribution is -2.32. The smallest absolute Gasteiger partial charge is 0.271 e. The van der Waals surface area contributed by atoms with Crippen LogP contribution in [0.1, 0.15) is 13.3 Å². The predicted molar refractivity (Wildman–Crippen MR) is 89.4 cm³/mol. The van der Waals surface area contributed by atoms with E-state index in [2.05, 4.69) is 5.32 Å². The van der Waals surface area contributed by atoms with Crippen LogP contribution in [0.4, 0.5) is 11.4 Å². The average Bonchev–Trinajstić information content (AvgIpc) is 2.60. The SMILES string of the molecule is CCC(Oc1ccccc1)C(=O)Nc1cc([N+](=O)[O-])ccc1OC. The molecule has 0 aromatic heterocycles. The molecule has 0 bridgehead atoms. The first-order valence-electron chi connectivity index (χ1n) is 7.40. The first-order valence-corrected chi connectivity index (χ1v) is 7.40. The van der Waals surface area contributed by atoms with Gasteiger partial charge in [0.25, 0.3) is 11.6 Å². The van der Waals surface area contributed by atoms with Crippen LogP contribution in [0.3, 0.4) is 0 Å². The van der Waals surface area contributed by atoms with E-state index in [4.69, 9.17) is 9.47 Å². The van der Waals surface area contributed by atoms with Gasteiger partial charge in [-0.3, -0.25) is 14.9 Å². The molecular formula is C17H18N2O5. The van der Waals surface area contributed by atoms with Crippen LogP contribution in [0.15, 0.2) is 48.5 Å². The summed E-state index contributed by atoms with van der Waals surface area (Å²) in [4.78, 5) is 22.8. The van der Waals surface area contributed by atoms with E-state index in [1.807, 2.05) is 25.1 Å². The predicted octanol–water partition coefficient (Wildman–Crippen LogP) is 3.40. The molecule has 1 N–H and O–H groups in total. The Morgan fingerprint density at radius 3 is 2.54 bits per heavy atom. The van der Waals surface area contributed by atoms with Gasteiger partial charge in [0.15, 0.2) is 6.10 Å². The van der Waals surface area contributed by atoms with Gasteiger partial charge in [-0.1, -0.05) is 25.1 Å². The van der Waals surface area contributed by atoms with Crippen molar-refractivity contribution in [2.75, 3.05) is 12.4 Å². The summed E-state index contributed by atoms with van der Waals surface area (Å²) in [5.41, 5.74) is 0.0925. The van der Waals surface area contributed by atoms with Crippen molar-refractivity contribution >= 4 is 17.3 Å². The van der Waals surface area contributed by atoms with Crippen molar-refractivity contribution < 1.29 is 19.2 Å². The van der Waals surface area contributed by atoms with Crippen molar-refractivity contribution in [3.05, 3.63) is 58.6 Å². The number of anilines is 1. The van der Waals surface area contributed by atoms with E-state index in [1.165, 1.54) is 25.3 Å². The summed E-state index contributed by atoms with van der Waals surface area (Å²) in [5, 5.41) is 13.5. The molecule has 1 unspecified atom stereocenters. The highest BCUT2D eigenvalue weighted by atomic mass is 16.6. The van der Waals surface area contributed by atoms with Gasteiger partial charge < -0.3 is 14.8 Å². The molecule has 2 rings (SSSR count). The number of nitrogens with one attached hydrogen (secondary N) is 1. The molecule has 0 heterocycles. The maximum atomic E-state index is 12.4. The van der Waals surface area contributed by atoms with Crippen LogP contribution in [-0.2, 0) is 4.79 Å². The lowest BCUT2D eigenvalue weighted by Gasteiger charge is -2.18. The average molecular weight is 330 g/mol. The number of carbonyl (C=O) groups excluding carboxylic acids is 1. The molecule has 2 aromatic rings. The minimum absolute atomic E-state index is 0.136. The third kappa shape index (κ3) is 4.22. The minimum Gasteiger partial charge on any atom is -0.495 e. The number of hydrogen-bond donors (Lipinski definition) is 1. The van der Waals surface area contributed by atoms with Gasteiger partial charge in [0.2, 0.25) is 0 Å². The maximum Gasteiger partial charge on any atom is 0.271 e. The van der Waals surface area contributed by atoms with Crippen molar-refractivity contribution in [1.29, 1.82) is 0 Å². The summed E-state index contributed by atoms with van der Waals surface area (Å²) in [6.45, 7) is 1.82. The number of carbonyl (C=O) groups is 1. The van der Waals surface area contributed by atoms with Gasteiger partial charge in [-0.25, -0.2) is 0 Å². The van der Waals surface area contributed by atoms with Crippen LogP contribution in [-0.4, -0.2) is 24.0 Å². The molecule has 0 aliphatic heterocycles. The second-order valence-corrected chi connectivity index (χ2v) is 4.96. The van der Waals surface area contributed by atoms with Gasteiger partial charge in [0.1, 0.15) is 11.5 Å². The minimum atomic E-state index is -0.726. The van der Waals surface area contributed by atoms with Crippen molar-refractivity contribution in [1.82, 2.24) is 0 Å². The molecule has 0 spiro atoms. The Kier molecular flexibility index (Phi) is 5.73. The summed E-state index contributed by atoms with van der Waals surface area (Å²) < 4.78 is 10.8.